The molecule has 0 spiro atoms. The predicted octanol–water partition coefficient (Wildman–Crippen LogP) is 2.90. The Hall–Kier alpha value is -2.80. The van der Waals surface area contributed by atoms with Crippen molar-refractivity contribution in [3.8, 4) is 0 Å². The molecule has 0 aliphatic heterocycles. The molecule has 0 aromatic carbocycles. The number of hydrogen-bond acceptors (Lipinski definition) is 5. The van der Waals surface area contributed by atoms with E-state index in [1.54, 1.807) is 35.9 Å². The second-order valence-electron chi connectivity index (χ2n) is 7.40. The van der Waals surface area contributed by atoms with Crippen LogP contribution in [0.4, 0.5) is 0 Å². The first-order valence-electron chi connectivity index (χ1n) is 9.65. The van der Waals surface area contributed by atoms with Gasteiger partial charge in [-0.3, -0.25) is 9.78 Å². The average molecular weight is 381 g/mol. The lowest BCUT2D eigenvalue weighted by Crippen LogP contribution is -2.41. The van der Waals surface area contributed by atoms with Gasteiger partial charge in [-0.15, -0.1) is 0 Å². The van der Waals surface area contributed by atoms with Crippen molar-refractivity contribution in [3.63, 3.8) is 0 Å². The summed E-state index contributed by atoms with van der Waals surface area (Å²) < 4.78 is 2.00. The molecule has 1 amide bonds. The van der Waals surface area contributed by atoms with Gasteiger partial charge in [-0.2, -0.15) is 0 Å². The minimum absolute atomic E-state index is 0.0960. The highest BCUT2D eigenvalue weighted by atomic mass is 16.3. The molecule has 148 valence electrons. The summed E-state index contributed by atoms with van der Waals surface area (Å²) in [7, 11) is 0. The number of nitrogens with zero attached hydrogens (tertiary/aromatic N) is 5. The number of carbonyl (C=O) groups excluding carboxylic acids is 1. The van der Waals surface area contributed by atoms with Crippen LogP contribution in [0.2, 0.25) is 0 Å². The van der Waals surface area contributed by atoms with E-state index in [9.17, 15) is 9.90 Å². The molecule has 0 saturated heterocycles. The van der Waals surface area contributed by atoms with Crippen LogP contribution in [0.3, 0.4) is 0 Å². The smallest absolute Gasteiger partial charge is 0.256 e. The SMILES string of the molecule is CCC(CO)N(Cc1cccnc1)C(=O)c1cnc2c(c1)ncn2CC(C)C. The van der Waals surface area contributed by atoms with Crippen molar-refractivity contribution in [2.24, 2.45) is 5.92 Å². The first-order chi connectivity index (χ1) is 13.5. The Morgan fingerprint density at radius 1 is 1.29 bits per heavy atom. The zero-order chi connectivity index (χ0) is 20.1. The van der Waals surface area contributed by atoms with E-state index >= 15 is 0 Å². The van der Waals surface area contributed by atoms with Gasteiger partial charge in [0.2, 0.25) is 0 Å². The molecule has 3 aromatic rings. The van der Waals surface area contributed by atoms with Gasteiger partial charge in [-0.25, -0.2) is 9.97 Å². The van der Waals surface area contributed by atoms with Gasteiger partial charge in [0.05, 0.1) is 24.5 Å². The molecule has 1 N–H and O–H groups in total. The number of amides is 1. The molecular formula is C21H27N5O2. The second-order valence-corrected chi connectivity index (χ2v) is 7.40. The number of pyridine rings is 2. The summed E-state index contributed by atoms with van der Waals surface area (Å²) in [6, 6.07) is 5.27. The third-order valence-corrected chi connectivity index (χ3v) is 4.72. The van der Waals surface area contributed by atoms with Crippen LogP contribution in [0.1, 0.15) is 43.1 Å². The minimum atomic E-state index is -0.276. The molecule has 3 heterocycles. The Labute approximate surface area is 165 Å². The van der Waals surface area contributed by atoms with Gasteiger partial charge < -0.3 is 14.6 Å². The fraction of sp³-hybridized carbons (Fsp3) is 0.429. The number of rotatable bonds is 8. The molecular weight excluding hydrogens is 354 g/mol. The van der Waals surface area contributed by atoms with Gasteiger partial charge in [0.1, 0.15) is 5.52 Å². The van der Waals surface area contributed by atoms with Gasteiger partial charge in [0.15, 0.2) is 5.65 Å². The number of aliphatic hydroxyl groups excluding tert-OH is 1. The van der Waals surface area contributed by atoms with E-state index in [1.807, 2.05) is 23.6 Å². The lowest BCUT2D eigenvalue weighted by atomic mass is 10.1. The molecule has 1 atom stereocenters. The highest BCUT2D eigenvalue weighted by molar-refractivity contribution is 5.96. The summed E-state index contributed by atoms with van der Waals surface area (Å²) in [6.07, 6.45) is 7.45. The molecule has 1 unspecified atom stereocenters. The number of carbonyl (C=O) groups is 1. The molecule has 0 aliphatic rings. The summed E-state index contributed by atoms with van der Waals surface area (Å²) in [5, 5.41) is 9.79. The average Bonchev–Trinajstić information content (AvgIpc) is 3.09. The van der Waals surface area contributed by atoms with Crippen molar-refractivity contribution < 1.29 is 9.90 Å². The molecule has 7 heteroatoms. The van der Waals surface area contributed by atoms with Crippen molar-refractivity contribution in [1.82, 2.24) is 24.4 Å². The van der Waals surface area contributed by atoms with E-state index in [0.717, 1.165) is 17.8 Å². The van der Waals surface area contributed by atoms with Crippen LogP contribution < -0.4 is 0 Å². The number of aromatic nitrogens is 4. The molecule has 0 saturated carbocycles. The van der Waals surface area contributed by atoms with E-state index < -0.39 is 0 Å². The van der Waals surface area contributed by atoms with E-state index in [-0.39, 0.29) is 18.6 Å². The van der Waals surface area contributed by atoms with Crippen molar-refractivity contribution in [1.29, 1.82) is 0 Å². The van der Waals surface area contributed by atoms with Crippen LogP contribution in [0.5, 0.6) is 0 Å². The number of imidazole rings is 1. The largest absolute Gasteiger partial charge is 0.394 e. The fourth-order valence-electron chi connectivity index (χ4n) is 3.26. The summed E-state index contributed by atoms with van der Waals surface area (Å²) >= 11 is 0. The van der Waals surface area contributed by atoms with Gasteiger partial charge >= 0.3 is 0 Å². The summed E-state index contributed by atoms with van der Waals surface area (Å²) in [6.45, 7) is 7.35. The van der Waals surface area contributed by atoms with Crippen LogP contribution in [0.25, 0.3) is 11.2 Å². The molecule has 28 heavy (non-hydrogen) atoms. The van der Waals surface area contributed by atoms with Crippen LogP contribution >= 0.6 is 0 Å². The van der Waals surface area contributed by atoms with Crippen molar-refractivity contribution in [2.45, 2.75) is 46.3 Å². The summed E-state index contributed by atoms with van der Waals surface area (Å²) in [5.41, 5.74) is 2.86. The van der Waals surface area contributed by atoms with E-state index in [1.165, 1.54) is 0 Å². The quantitative estimate of drug-likeness (QED) is 0.649. The maximum Gasteiger partial charge on any atom is 0.256 e. The lowest BCUT2D eigenvalue weighted by Gasteiger charge is -2.30. The first kappa shape index (κ1) is 19.9. The third kappa shape index (κ3) is 4.36. The van der Waals surface area contributed by atoms with Gasteiger partial charge in [0, 0.05) is 31.7 Å². The van der Waals surface area contributed by atoms with Crippen LogP contribution in [0, 0.1) is 5.92 Å². The van der Waals surface area contributed by atoms with Crippen molar-refractivity contribution in [3.05, 3.63) is 54.2 Å². The second kappa shape index (κ2) is 8.93. The highest BCUT2D eigenvalue weighted by Crippen LogP contribution is 2.18. The fourth-order valence-corrected chi connectivity index (χ4v) is 3.26. The topological polar surface area (TPSA) is 84.1 Å². The number of aliphatic hydroxyl groups is 1. The standard InChI is InChI=1S/C21H27N5O2/c1-4-18(13-27)26(12-16-6-5-7-22-9-16)21(28)17-8-19-20(23-10-17)25(14-24-19)11-15(2)3/h5-10,14-15,18,27H,4,11-13H2,1-3H3. The van der Waals surface area contributed by atoms with E-state index in [4.69, 9.17) is 0 Å². The monoisotopic (exact) mass is 381 g/mol. The molecule has 3 aromatic heterocycles. The third-order valence-electron chi connectivity index (χ3n) is 4.72. The van der Waals surface area contributed by atoms with Crippen LogP contribution in [-0.2, 0) is 13.1 Å². The van der Waals surface area contributed by atoms with Gasteiger partial charge in [-0.1, -0.05) is 26.8 Å². The van der Waals surface area contributed by atoms with E-state index in [2.05, 4.69) is 28.8 Å². The van der Waals surface area contributed by atoms with Crippen molar-refractivity contribution in [2.75, 3.05) is 6.61 Å². The van der Waals surface area contributed by atoms with Crippen molar-refractivity contribution >= 4 is 17.1 Å². The van der Waals surface area contributed by atoms with E-state index in [0.29, 0.717) is 30.0 Å². The first-order valence-corrected chi connectivity index (χ1v) is 9.65. The normalized spacial score (nSPS) is 12.5. The molecule has 0 radical (unpaired) electrons. The minimum Gasteiger partial charge on any atom is -0.394 e. The molecule has 3 rings (SSSR count). The molecule has 7 nitrogen and oxygen atoms in total. The Morgan fingerprint density at radius 3 is 2.75 bits per heavy atom. The molecule has 0 aliphatic carbocycles. The molecule has 0 bridgehead atoms. The Bertz CT molecular complexity index is 919. The summed E-state index contributed by atoms with van der Waals surface area (Å²) in [4.78, 5) is 28.0. The maximum absolute atomic E-state index is 13.3. The Balaban J connectivity index is 1.91. The zero-order valence-corrected chi connectivity index (χ0v) is 16.6. The zero-order valence-electron chi connectivity index (χ0n) is 16.6. The lowest BCUT2D eigenvalue weighted by molar-refractivity contribution is 0.0563. The van der Waals surface area contributed by atoms with Crippen LogP contribution in [-0.4, -0.2) is 48.1 Å². The highest BCUT2D eigenvalue weighted by Gasteiger charge is 2.24. The number of hydrogen-bond donors (Lipinski definition) is 1. The summed E-state index contributed by atoms with van der Waals surface area (Å²) in [5.74, 6) is 0.308. The van der Waals surface area contributed by atoms with Gasteiger partial charge in [0.25, 0.3) is 5.91 Å². The predicted molar refractivity (Wildman–Crippen MR) is 108 cm³/mol. The number of fused-ring (bicyclic) bond motifs is 1. The van der Waals surface area contributed by atoms with Crippen LogP contribution in [0.15, 0.2) is 43.1 Å². The Kier molecular flexibility index (Phi) is 6.36. The van der Waals surface area contributed by atoms with Gasteiger partial charge in [-0.05, 0) is 30.0 Å². The molecule has 0 fully saturated rings. The maximum atomic E-state index is 13.3. The Morgan fingerprint density at radius 2 is 2.11 bits per heavy atom.